The summed E-state index contributed by atoms with van der Waals surface area (Å²) in [5.41, 5.74) is 2.60. The lowest BCUT2D eigenvalue weighted by Crippen LogP contribution is -2.38. The van der Waals surface area contributed by atoms with Crippen LogP contribution in [0.2, 0.25) is 5.02 Å². The number of fused-ring (bicyclic) bond motifs is 3. The molecule has 0 atom stereocenters. The standard InChI is InChI=1S/C26H24ClN3O2S/c1-29(2)14-7-15-30(26-28-20-13-12-17(27)16-23(20)33-26)25(31)24-18-8-3-5-10-21(18)32-22-11-6-4-9-19(22)24/h3-6,8-13,16,24H,7,14-15H2,1-2H3. The monoisotopic (exact) mass is 477 g/mol. The van der Waals surface area contributed by atoms with E-state index >= 15 is 0 Å². The van der Waals surface area contributed by atoms with Crippen molar-refractivity contribution in [3.63, 3.8) is 0 Å². The second-order valence-corrected chi connectivity index (χ2v) is 9.81. The van der Waals surface area contributed by atoms with E-state index in [1.807, 2.05) is 85.7 Å². The minimum Gasteiger partial charge on any atom is -0.457 e. The van der Waals surface area contributed by atoms with Crippen molar-refractivity contribution in [2.24, 2.45) is 0 Å². The number of carbonyl (C=O) groups is 1. The van der Waals surface area contributed by atoms with Gasteiger partial charge in [0.2, 0.25) is 5.91 Å². The van der Waals surface area contributed by atoms with Crippen LogP contribution in [0.15, 0.2) is 66.7 Å². The quantitative estimate of drug-likeness (QED) is 0.333. The molecule has 0 saturated heterocycles. The third kappa shape index (κ3) is 4.34. The van der Waals surface area contributed by atoms with Gasteiger partial charge in [0, 0.05) is 22.7 Å². The molecule has 2 heterocycles. The van der Waals surface area contributed by atoms with Gasteiger partial charge in [-0.3, -0.25) is 9.69 Å². The first-order valence-electron chi connectivity index (χ1n) is 10.9. The number of amides is 1. The summed E-state index contributed by atoms with van der Waals surface area (Å²) in [5, 5.41) is 1.35. The number of hydrogen-bond acceptors (Lipinski definition) is 5. The predicted octanol–water partition coefficient (Wildman–Crippen LogP) is 6.17. The zero-order valence-corrected chi connectivity index (χ0v) is 20.1. The minimum absolute atomic E-state index is 0.00195. The van der Waals surface area contributed by atoms with Crippen molar-refractivity contribution in [1.82, 2.24) is 9.88 Å². The highest BCUT2D eigenvalue weighted by molar-refractivity contribution is 7.22. The number of anilines is 1. The molecule has 1 aliphatic heterocycles. The fourth-order valence-corrected chi connectivity index (χ4v) is 5.45. The van der Waals surface area contributed by atoms with Crippen molar-refractivity contribution in [1.29, 1.82) is 0 Å². The summed E-state index contributed by atoms with van der Waals surface area (Å²) in [4.78, 5) is 23.0. The highest BCUT2D eigenvalue weighted by Gasteiger charge is 2.36. The number of rotatable bonds is 6. The molecule has 1 aliphatic rings. The Hall–Kier alpha value is -2.93. The maximum atomic E-state index is 14.2. The third-order valence-corrected chi connectivity index (χ3v) is 7.03. The number of para-hydroxylation sites is 2. The van der Waals surface area contributed by atoms with Gasteiger partial charge in [-0.25, -0.2) is 4.98 Å². The summed E-state index contributed by atoms with van der Waals surface area (Å²) in [6, 6.07) is 21.2. The molecule has 33 heavy (non-hydrogen) atoms. The number of thiazole rings is 1. The second kappa shape index (κ2) is 9.14. The van der Waals surface area contributed by atoms with Gasteiger partial charge >= 0.3 is 0 Å². The van der Waals surface area contributed by atoms with Gasteiger partial charge < -0.3 is 9.64 Å². The smallest absolute Gasteiger partial charge is 0.241 e. The van der Waals surface area contributed by atoms with Crippen molar-refractivity contribution in [3.05, 3.63) is 82.9 Å². The minimum atomic E-state index is -0.457. The fraction of sp³-hybridized carbons (Fsp3) is 0.231. The van der Waals surface area contributed by atoms with Crippen LogP contribution in [0.1, 0.15) is 23.5 Å². The van der Waals surface area contributed by atoms with Gasteiger partial charge in [0.15, 0.2) is 5.13 Å². The first-order valence-corrected chi connectivity index (χ1v) is 12.1. The van der Waals surface area contributed by atoms with E-state index < -0.39 is 5.92 Å². The third-order valence-electron chi connectivity index (χ3n) is 5.75. The maximum Gasteiger partial charge on any atom is 0.241 e. The molecule has 0 radical (unpaired) electrons. The largest absolute Gasteiger partial charge is 0.457 e. The number of ether oxygens (including phenoxy) is 1. The van der Waals surface area contributed by atoms with Gasteiger partial charge in [-0.1, -0.05) is 59.3 Å². The van der Waals surface area contributed by atoms with Gasteiger partial charge in [-0.15, -0.1) is 0 Å². The summed E-state index contributed by atoms with van der Waals surface area (Å²) >= 11 is 7.70. The number of halogens is 1. The normalized spacial score (nSPS) is 13.0. The van der Waals surface area contributed by atoms with E-state index in [9.17, 15) is 4.79 Å². The molecule has 7 heteroatoms. The number of carbonyl (C=O) groups excluding carboxylic acids is 1. The molecule has 1 amide bonds. The van der Waals surface area contributed by atoms with Crippen LogP contribution < -0.4 is 9.64 Å². The van der Waals surface area contributed by atoms with E-state index in [0.717, 1.165) is 45.8 Å². The zero-order chi connectivity index (χ0) is 22.9. The molecular weight excluding hydrogens is 454 g/mol. The predicted molar refractivity (Wildman–Crippen MR) is 135 cm³/mol. The molecule has 3 aromatic carbocycles. The van der Waals surface area contributed by atoms with Gasteiger partial charge in [-0.2, -0.15) is 0 Å². The average molecular weight is 478 g/mol. The van der Waals surface area contributed by atoms with Crippen LogP contribution >= 0.6 is 22.9 Å². The van der Waals surface area contributed by atoms with Gasteiger partial charge in [-0.05, 0) is 57.4 Å². The maximum absolute atomic E-state index is 14.2. The Morgan fingerprint density at radius 1 is 1.00 bits per heavy atom. The summed E-state index contributed by atoms with van der Waals surface area (Å²) in [5.74, 6) is 0.987. The van der Waals surface area contributed by atoms with Crippen molar-refractivity contribution in [2.75, 3.05) is 32.1 Å². The van der Waals surface area contributed by atoms with Crippen LogP contribution in [-0.2, 0) is 4.79 Å². The molecule has 0 N–H and O–H groups in total. The summed E-state index contributed by atoms with van der Waals surface area (Å²) in [6.07, 6.45) is 0.835. The van der Waals surface area contributed by atoms with E-state index in [0.29, 0.717) is 16.7 Å². The van der Waals surface area contributed by atoms with Crippen LogP contribution in [0.25, 0.3) is 10.2 Å². The number of hydrogen-bond donors (Lipinski definition) is 0. The Morgan fingerprint density at radius 3 is 2.33 bits per heavy atom. The van der Waals surface area contributed by atoms with E-state index in [2.05, 4.69) is 4.90 Å². The highest BCUT2D eigenvalue weighted by atomic mass is 35.5. The average Bonchev–Trinajstić information content (AvgIpc) is 3.22. The summed E-state index contributed by atoms with van der Waals surface area (Å²) in [7, 11) is 4.08. The van der Waals surface area contributed by atoms with Crippen LogP contribution in [0, 0.1) is 0 Å². The van der Waals surface area contributed by atoms with Crippen LogP contribution in [0.5, 0.6) is 11.5 Å². The lowest BCUT2D eigenvalue weighted by Gasteiger charge is -2.31. The second-order valence-electron chi connectivity index (χ2n) is 8.37. The number of aromatic nitrogens is 1. The van der Waals surface area contributed by atoms with Gasteiger partial charge in [0.1, 0.15) is 11.5 Å². The van der Waals surface area contributed by atoms with Crippen LogP contribution in [0.3, 0.4) is 0 Å². The van der Waals surface area contributed by atoms with E-state index in [-0.39, 0.29) is 5.91 Å². The Morgan fingerprint density at radius 2 is 1.67 bits per heavy atom. The molecule has 4 aromatic rings. The molecule has 0 fully saturated rings. The molecule has 0 unspecified atom stereocenters. The van der Waals surface area contributed by atoms with E-state index in [1.165, 1.54) is 11.3 Å². The molecule has 5 rings (SSSR count). The van der Waals surface area contributed by atoms with Crippen molar-refractivity contribution < 1.29 is 9.53 Å². The molecular formula is C26H24ClN3O2S. The molecule has 0 bridgehead atoms. The topological polar surface area (TPSA) is 45.7 Å². The van der Waals surface area contributed by atoms with Crippen molar-refractivity contribution in [3.8, 4) is 11.5 Å². The molecule has 0 aliphatic carbocycles. The fourth-order valence-electron chi connectivity index (χ4n) is 4.18. The van der Waals surface area contributed by atoms with Gasteiger partial charge in [0.25, 0.3) is 0 Å². The van der Waals surface area contributed by atoms with E-state index in [1.54, 1.807) is 0 Å². The Balaban J connectivity index is 1.58. The summed E-state index contributed by atoms with van der Waals surface area (Å²) < 4.78 is 7.08. The first-order chi connectivity index (χ1) is 16.0. The zero-order valence-electron chi connectivity index (χ0n) is 18.5. The molecule has 5 nitrogen and oxygen atoms in total. The van der Waals surface area contributed by atoms with Crippen molar-refractivity contribution in [2.45, 2.75) is 12.3 Å². The lowest BCUT2D eigenvalue weighted by atomic mass is 9.87. The van der Waals surface area contributed by atoms with Crippen LogP contribution in [0.4, 0.5) is 5.13 Å². The highest BCUT2D eigenvalue weighted by Crippen LogP contribution is 2.45. The van der Waals surface area contributed by atoms with Crippen LogP contribution in [-0.4, -0.2) is 43.0 Å². The molecule has 168 valence electrons. The molecule has 0 spiro atoms. The Labute approximate surface area is 202 Å². The van der Waals surface area contributed by atoms with E-state index in [4.69, 9.17) is 21.3 Å². The van der Waals surface area contributed by atoms with Crippen molar-refractivity contribution >= 4 is 44.2 Å². The SMILES string of the molecule is CN(C)CCCN(C(=O)C1c2ccccc2Oc2ccccc21)c1nc2ccc(Cl)cc2s1. The summed E-state index contributed by atoms with van der Waals surface area (Å²) in [6.45, 7) is 1.45. The number of benzene rings is 3. The Kier molecular flexibility index (Phi) is 6.06. The Bertz CT molecular complexity index is 1270. The first kappa shape index (κ1) is 21.9. The lowest BCUT2D eigenvalue weighted by molar-refractivity contribution is -0.119. The number of nitrogens with zero attached hydrogens (tertiary/aromatic N) is 3. The molecule has 1 aromatic heterocycles. The van der Waals surface area contributed by atoms with Gasteiger partial charge in [0.05, 0.1) is 16.1 Å². The molecule has 0 saturated carbocycles.